The minimum Gasteiger partial charge on any atom is -0.376 e. The van der Waals surface area contributed by atoms with E-state index < -0.39 is 0 Å². The molecule has 3 aromatic carbocycles. The van der Waals surface area contributed by atoms with Crippen molar-refractivity contribution in [3.8, 4) is 0 Å². The van der Waals surface area contributed by atoms with Gasteiger partial charge in [-0.05, 0) is 62.7 Å². The topological polar surface area (TPSA) is 99.3 Å². The highest BCUT2D eigenvalue weighted by molar-refractivity contribution is 5.98. The van der Waals surface area contributed by atoms with Crippen LogP contribution in [0.25, 0.3) is 0 Å². The molecule has 0 spiro atoms. The van der Waals surface area contributed by atoms with E-state index in [0.717, 1.165) is 5.56 Å². The van der Waals surface area contributed by atoms with Crippen LogP contribution in [0.2, 0.25) is 0 Å². The molecular formula is C27H30N4O3. The van der Waals surface area contributed by atoms with Crippen LogP contribution in [0.1, 0.15) is 47.1 Å². The minimum absolute atomic E-state index is 0.00870. The van der Waals surface area contributed by atoms with E-state index in [1.54, 1.807) is 48.5 Å². The number of carbonyl (C=O) groups excluding carboxylic acids is 3. The molecule has 0 unspecified atom stereocenters. The number of carbonyl (C=O) groups is 3. The Kier molecular flexibility index (Phi) is 8.03. The Balaban J connectivity index is 1.53. The predicted molar refractivity (Wildman–Crippen MR) is 135 cm³/mol. The second kappa shape index (κ2) is 11.1. The number of nitrogens with one attached hydrogen (secondary N) is 4. The van der Waals surface area contributed by atoms with Gasteiger partial charge in [0.2, 0.25) is 5.91 Å². The molecular weight excluding hydrogens is 428 g/mol. The largest absolute Gasteiger partial charge is 0.376 e. The summed E-state index contributed by atoms with van der Waals surface area (Å²) in [6.45, 7) is 6.18. The molecule has 3 aromatic rings. The highest BCUT2D eigenvalue weighted by atomic mass is 16.2. The fourth-order valence-corrected chi connectivity index (χ4v) is 3.19. The second-order valence-corrected chi connectivity index (χ2v) is 8.94. The van der Waals surface area contributed by atoms with Crippen molar-refractivity contribution in [1.82, 2.24) is 10.6 Å². The SMILES string of the molecule is CC(C)(C)NC(=O)c1cccc(NCC(=O)Nc2cccc(C(=O)NCc3ccccc3)c2)c1. The summed E-state index contributed by atoms with van der Waals surface area (Å²) >= 11 is 0. The molecule has 0 atom stereocenters. The summed E-state index contributed by atoms with van der Waals surface area (Å²) < 4.78 is 0. The number of hydrogen-bond acceptors (Lipinski definition) is 4. The fourth-order valence-electron chi connectivity index (χ4n) is 3.19. The molecule has 7 nitrogen and oxygen atoms in total. The number of benzene rings is 3. The first-order valence-corrected chi connectivity index (χ1v) is 11.1. The molecule has 0 saturated carbocycles. The quantitative estimate of drug-likeness (QED) is 0.407. The molecule has 3 amide bonds. The zero-order chi connectivity index (χ0) is 24.6. The standard InChI is InChI=1S/C27H30N4O3/c1-27(2,3)31-26(34)21-12-7-13-22(15-21)28-18-24(32)30-23-14-8-11-20(16-23)25(33)29-17-19-9-5-4-6-10-19/h4-16,28H,17-18H2,1-3H3,(H,29,33)(H,30,32)(H,31,34). The number of hydrogen-bond donors (Lipinski definition) is 4. The van der Waals surface area contributed by atoms with Crippen LogP contribution in [0.4, 0.5) is 11.4 Å². The lowest BCUT2D eigenvalue weighted by atomic mass is 10.1. The molecule has 3 rings (SSSR count). The Morgan fingerprint density at radius 2 is 1.35 bits per heavy atom. The van der Waals surface area contributed by atoms with Crippen molar-refractivity contribution >= 4 is 29.1 Å². The fraction of sp³-hybridized carbons (Fsp3) is 0.222. The molecule has 0 bridgehead atoms. The van der Waals surface area contributed by atoms with E-state index in [-0.39, 0.29) is 29.8 Å². The molecule has 0 fully saturated rings. The van der Waals surface area contributed by atoms with Crippen molar-refractivity contribution in [2.75, 3.05) is 17.2 Å². The van der Waals surface area contributed by atoms with Crippen LogP contribution in [0.15, 0.2) is 78.9 Å². The van der Waals surface area contributed by atoms with Gasteiger partial charge < -0.3 is 21.3 Å². The van der Waals surface area contributed by atoms with Crippen molar-refractivity contribution in [2.24, 2.45) is 0 Å². The summed E-state index contributed by atoms with van der Waals surface area (Å²) in [4.78, 5) is 37.3. The Morgan fingerprint density at radius 1 is 0.735 bits per heavy atom. The van der Waals surface area contributed by atoms with Gasteiger partial charge in [-0.1, -0.05) is 42.5 Å². The predicted octanol–water partition coefficient (Wildman–Crippen LogP) is 4.20. The molecule has 0 aliphatic heterocycles. The summed E-state index contributed by atoms with van der Waals surface area (Å²) in [5.74, 6) is -0.669. The lowest BCUT2D eigenvalue weighted by Crippen LogP contribution is -2.40. The Bertz CT molecular complexity index is 1150. The highest BCUT2D eigenvalue weighted by Gasteiger charge is 2.15. The van der Waals surface area contributed by atoms with Crippen molar-refractivity contribution < 1.29 is 14.4 Å². The third kappa shape index (κ3) is 7.78. The van der Waals surface area contributed by atoms with Crippen LogP contribution in [-0.4, -0.2) is 29.8 Å². The molecule has 34 heavy (non-hydrogen) atoms. The van der Waals surface area contributed by atoms with Gasteiger partial charge in [0.05, 0.1) is 6.54 Å². The molecule has 0 aliphatic rings. The number of rotatable bonds is 8. The zero-order valence-electron chi connectivity index (χ0n) is 19.6. The van der Waals surface area contributed by atoms with Gasteiger partial charge in [0.15, 0.2) is 0 Å². The first-order chi connectivity index (χ1) is 16.2. The summed E-state index contributed by atoms with van der Waals surface area (Å²) in [6.07, 6.45) is 0. The van der Waals surface area contributed by atoms with Crippen LogP contribution < -0.4 is 21.3 Å². The molecule has 7 heteroatoms. The van der Waals surface area contributed by atoms with Crippen LogP contribution in [-0.2, 0) is 11.3 Å². The average molecular weight is 459 g/mol. The van der Waals surface area contributed by atoms with Gasteiger partial charge in [-0.3, -0.25) is 14.4 Å². The van der Waals surface area contributed by atoms with E-state index >= 15 is 0 Å². The van der Waals surface area contributed by atoms with E-state index in [2.05, 4.69) is 21.3 Å². The van der Waals surface area contributed by atoms with E-state index in [0.29, 0.717) is 29.0 Å². The van der Waals surface area contributed by atoms with Gasteiger partial charge in [0.1, 0.15) is 0 Å². The Hall–Kier alpha value is -4.13. The van der Waals surface area contributed by atoms with Gasteiger partial charge in [0.25, 0.3) is 11.8 Å². The molecule has 0 heterocycles. The molecule has 0 aliphatic carbocycles. The van der Waals surface area contributed by atoms with E-state index in [9.17, 15) is 14.4 Å². The van der Waals surface area contributed by atoms with Gasteiger partial charge in [-0.25, -0.2) is 0 Å². The van der Waals surface area contributed by atoms with Crippen molar-refractivity contribution in [3.63, 3.8) is 0 Å². The van der Waals surface area contributed by atoms with Crippen LogP contribution in [0, 0.1) is 0 Å². The lowest BCUT2D eigenvalue weighted by molar-refractivity contribution is -0.114. The lowest BCUT2D eigenvalue weighted by Gasteiger charge is -2.20. The van der Waals surface area contributed by atoms with E-state index in [1.165, 1.54) is 0 Å². The summed E-state index contributed by atoms with van der Waals surface area (Å²) in [6, 6.07) is 23.4. The van der Waals surface area contributed by atoms with Crippen molar-refractivity contribution in [3.05, 3.63) is 95.6 Å². The van der Waals surface area contributed by atoms with Crippen LogP contribution in [0.5, 0.6) is 0 Å². The summed E-state index contributed by atoms with van der Waals surface area (Å²) in [5.41, 5.74) is 2.82. The maximum Gasteiger partial charge on any atom is 0.251 e. The summed E-state index contributed by atoms with van der Waals surface area (Å²) in [7, 11) is 0. The zero-order valence-corrected chi connectivity index (χ0v) is 19.6. The smallest absolute Gasteiger partial charge is 0.251 e. The third-order valence-corrected chi connectivity index (χ3v) is 4.77. The Labute approximate surface area is 200 Å². The molecule has 0 saturated heterocycles. The minimum atomic E-state index is -0.340. The first-order valence-electron chi connectivity index (χ1n) is 11.1. The van der Waals surface area contributed by atoms with Crippen LogP contribution >= 0.6 is 0 Å². The summed E-state index contributed by atoms with van der Waals surface area (Å²) in [5, 5.41) is 11.6. The van der Waals surface area contributed by atoms with Gasteiger partial charge in [-0.2, -0.15) is 0 Å². The van der Waals surface area contributed by atoms with E-state index in [1.807, 2.05) is 51.1 Å². The Morgan fingerprint density at radius 3 is 2.03 bits per heavy atom. The van der Waals surface area contributed by atoms with Crippen molar-refractivity contribution in [2.45, 2.75) is 32.9 Å². The monoisotopic (exact) mass is 458 g/mol. The normalized spacial score (nSPS) is 10.8. The second-order valence-electron chi connectivity index (χ2n) is 8.94. The molecule has 0 aromatic heterocycles. The van der Waals surface area contributed by atoms with Gasteiger partial charge >= 0.3 is 0 Å². The first kappa shape index (κ1) is 24.5. The average Bonchev–Trinajstić information content (AvgIpc) is 2.81. The third-order valence-electron chi connectivity index (χ3n) is 4.77. The highest BCUT2D eigenvalue weighted by Crippen LogP contribution is 2.14. The maximum atomic E-state index is 12.5. The molecule has 176 valence electrons. The van der Waals surface area contributed by atoms with Crippen molar-refractivity contribution in [1.29, 1.82) is 0 Å². The maximum absolute atomic E-state index is 12.5. The van der Waals surface area contributed by atoms with E-state index in [4.69, 9.17) is 0 Å². The number of amides is 3. The molecule has 0 radical (unpaired) electrons. The van der Waals surface area contributed by atoms with Crippen LogP contribution in [0.3, 0.4) is 0 Å². The molecule has 4 N–H and O–H groups in total. The number of anilines is 2. The van der Waals surface area contributed by atoms with Gasteiger partial charge in [-0.15, -0.1) is 0 Å². The van der Waals surface area contributed by atoms with Gasteiger partial charge in [0, 0.05) is 34.6 Å².